The van der Waals surface area contributed by atoms with Crippen molar-refractivity contribution in [2.24, 2.45) is 5.73 Å². The molecule has 1 aromatic heterocycles. The zero-order chi connectivity index (χ0) is 18.6. The number of aryl methyl sites for hydroxylation is 1. The van der Waals surface area contributed by atoms with Gasteiger partial charge in [-0.1, -0.05) is 6.92 Å². The normalized spacial score (nSPS) is 10.8. The summed E-state index contributed by atoms with van der Waals surface area (Å²) in [5, 5.41) is 13.7. The number of hydrogen-bond donors (Lipinski definition) is 2. The van der Waals surface area contributed by atoms with Gasteiger partial charge in [0.05, 0.1) is 10.5 Å². The SMILES string of the molecule is CCc1c(C)sc(NC(=O)/C=C/c2ccc([N+](=O)[O-])cc2)c1C(N)=O. The first-order valence-electron chi connectivity index (χ1n) is 7.49. The van der Waals surface area contributed by atoms with Crippen molar-refractivity contribution in [1.82, 2.24) is 0 Å². The van der Waals surface area contributed by atoms with Gasteiger partial charge in [-0.25, -0.2) is 0 Å². The Bertz CT molecular complexity index is 854. The molecule has 0 saturated heterocycles. The Morgan fingerprint density at radius 2 is 1.96 bits per heavy atom. The Kier molecular flexibility index (Phi) is 5.66. The molecule has 7 nitrogen and oxygen atoms in total. The Morgan fingerprint density at radius 1 is 1.32 bits per heavy atom. The first-order valence-corrected chi connectivity index (χ1v) is 8.30. The lowest BCUT2D eigenvalue weighted by atomic mass is 10.1. The molecule has 0 atom stereocenters. The highest BCUT2D eigenvalue weighted by Crippen LogP contribution is 2.33. The number of nitro groups is 1. The maximum atomic E-state index is 12.1. The van der Waals surface area contributed by atoms with Gasteiger partial charge >= 0.3 is 0 Å². The molecule has 0 spiro atoms. The number of rotatable bonds is 6. The van der Waals surface area contributed by atoms with Gasteiger partial charge in [-0.05, 0) is 42.7 Å². The number of thiophene rings is 1. The molecule has 25 heavy (non-hydrogen) atoms. The van der Waals surface area contributed by atoms with Gasteiger partial charge in [0.2, 0.25) is 5.91 Å². The van der Waals surface area contributed by atoms with E-state index in [4.69, 9.17) is 5.73 Å². The van der Waals surface area contributed by atoms with Crippen LogP contribution in [-0.4, -0.2) is 16.7 Å². The van der Waals surface area contributed by atoms with E-state index in [-0.39, 0.29) is 5.69 Å². The van der Waals surface area contributed by atoms with E-state index in [0.717, 1.165) is 10.4 Å². The topological polar surface area (TPSA) is 115 Å². The molecule has 2 rings (SSSR count). The molecule has 0 aliphatic rings. The van der Waals surface area contributed by atoms with Gasteiger partial charge in [-0.15, -0.1) is 11.3 Å². The predicted octanol–water partition coefficient (Wildman–Crippen LogP) is 3.28. The summed E-state index contributed by atoms with van der Waals surface area (Å²) in [6, 6.07) is 5.81. The van der Waals surface area contributed by atoms with E-state index in [1.165, 1.54) is 35.6 Å². The third-order valence-electron chi connectivity index (χ3n) is 3.58. The summed E-state index contributed by atoms with van der Waals surface area (Å²) < 4.78 is 0. The number of non-ortho nitro benzene ring substituents is 1. The molecule has 0 saturated carbocycles. The van der Waals surface area contributed by atoms with Crippen molar-refractivity contribution < 1.29 is 14.5 Å². The molecule has 0 bridgehead atoms. The van der Waals surface area contributed by atoms with Gasteiger partial charge in [-0.2, -0.15) is 0 Å². The minimum Gasteiger partial charge on any atom is -0.365 e. The number of benzene rings is 1. The van der Waals surface area contributed by atoms with Crippen LogP contribution in [0.3, 0.4) is 0 Å². The van der Waals surface area contributed by atoms with Crippen molar-refractivity contribution in [2.45, 2.75) is 20.3 Å². The number of nitrogens with one attached hydrogen (secondary N) is 1. The highest BCUT2D eigenvalue weighted by atomic mass is 32.1. The minimum atomic E-state index is -0.573. The van der Waals surface area contributed by atoms with E-state index >= 15 is 0 Å². The number of carbonyl (C=O) groups excluding carboxylic acids is 2. The van der Waals surface area contributed by atoms with Crippen molar-refractivity contribution in [2.75, 3.05) is 5.32 Å². The van der Waals surface area contributed by atoms with E-state index in [9.17, 15) is 19.7 Å². The number of nitrogens with two attached hydrogens (primary N) is 1. The Balaban J connectivity index is 2.15. The molecule has 130 valence electrons. The fourth-order valence-corrected chi connectivity index (χ4v) is 3.54. The van der Waals surface area contributed by atoms with Crippen molar-refractivity contribution in [3.63, 3.8) is 0 Å². The number of anilines is 1. The molecule has 1 aromatic carbocycles. The molecule has 0 unspecified atom stereocenters. The number of nitro benzene ring substituents is 1. The summed E-state index contributed by atoms with van der Waals surface area (Å²) in [6.07, 6.45) is 3.48. The Morgan fingerprint density at radius 3 is 2.48 bits per heavy atom. The quantitative estimate of drug-likeness (QED) is 0.468. The van der Waals surface area contributed by atoms with E-state index in [2.05, 4.69) is 5.32 Å². The average molecular weight is 359 g/mol. The van der Waals surface area contributed by atoms with Crippen LogP contribution in [0.2, 0.25) is 0 Å². The summed E-state index contributed by atoms with van der Waals surface area (Å²) in [7, 11) is 0. The number of carbonyl (C=O) groups is 2. The Labute approximate surface area is 148 Å². The molecule has 8 heteroatoms. The van der Waals surface area contributed by atoms with Crippen LogP contribution in [0.15, 0.2) is 30.3 Å². The smallest absolute Gasteiger partial charge is 0.269 e. The van der Waals surface area contributed by atoms with Crippen LogP contribution in [0.25, 0.3) is 6.08 Å². The number of hydrogen-bond acceptors (Lipinski definition) is 5. The second-order valence-electron chi connectivity index (χ2n) is 5.23. The lowest BCUT2D eigenvalue weighted by molar-refractivity contribution is -0.384. The van der Waals surface area contributed by atoms with Gasteiger partial charge in [0, 0.05) is 23.1 Å². The van der Waals surface area contributed by atoms with E-state index in [1.54, 1.807) is 12.1 Å². The zero-order valence-electron chi connectivity index (χ0n) is 13.7. The molecule has 0 radical (unpaired) electrons. The molecule has 3 N–H and O–H groups in total. The fourth-order valence-electron chi connectivity index (χ4n) is 2.39. The number of amides is 2. The fraction of sp³-hybridized carbons (Fsp3) is 0.176. The van der Waals surface area contributed by atoms with Crippen LogP contribution in [0.1, 0.15) is 33.3 Å². The zero-order valence-corrected chi connectivity index (χ0v) is 14.6. The molecule has 0 fully saturated rings. The summed E-state index contributed by atoms with van der Waals surface area (Å²) >= 11 is 1.31. The second kappa shape index (κ2) is 7.71. The summed E-state index contributed by atoms with van der Waals surface area (Å²) in [6.45, 7) is 3.79. The summed E-state index contributed by atoms with van der Waals surface area (Å²) in [5.41, 5.74) is 7.24. The van der Waals surface area contributed by atoms with Gasteiger partial charge in [0.15, 0.2) is 0 Å². The van der Waals surface area contributed by atoms with Crippen molar-refractivity contribution >= 4 is 39.9 Å². The first-order chi connectivity index (χ1) is 11.8. The first kappa shape index (κ1) is 18.3. The van der Waals surface area contributed by atoms with Crippen LogP contribution in [0, 0.1) is 17.0 Å². The highest BCUT2D eigenvalue weighted by molar-refractivity contribution is 7.16. The largest absolute Gasteiger partial charge is 0.365 e. The predicted molar refractivity (Wildman–Crippen MR) is 97.7 cm³/mol. The van der Waals surface area contributed by atoms with Crippen LogP contribution in [-0.2, 0) is 11.2 Å². The molecular formula is C17H17N3O4S. The maximum Gasteiger partial charge on any atom is 0.269 e. The molecule has 0 aliphatic heterocycles. The van der Waals surface area contributed by atoms with Crippen molar-refractivity contribution in [1.29, 1.82) is 0 Å². The third kappa shape index (κ3) is 4.30. The van der Waals surface area contributed by atoms with Crippen molar-refractivity contribution in [3.8, 4) is 0 Å². The molecule has 1 heterocycles. The second-order valence-corrected chi connectivity index (χ2v) is 6.45. The van der Waals surface area contributed by atoms with Crippen LogP contribution < -0.4 is 11.1 Å². The van der Waals surface area contributed by atoms with Gasteiger partial charge < -0.3 is 11.1 Å². The summed E-state index contributed by atoms with van der Waals surface area (Å²) in [5.74, 6) is -0.986. The average Bonchev–Trinajstić information content (AvgIpc) is 2.88. The van der Waals surface area contributed by atoms with Gasteiger partial charge in [0.25, 0.3) is 11.6 Å². The minimum absolute atomic E-state index is 0.0196. The highest BCUT2D eigenvalue weighted by Gasteiger charge is 2.19. The van der Waals surface area contributed by atoms with Crippen molar-refractivity contribution in [3.05, 3.63) is 62.0 Å². The monoisotopic (exact) mass is 359 g/mol. The van der Waals surface area contributed by atoms with E-state index in [0.29, 0.717) is 22.5 Å². The maximum absolute atomic E-state index is 12.1. The lowest BCUT2D eigenvalue weighted by Crippen LogP contribution is -2.16. The number of nitrogens with zero attached hydrogens (tertiary/aromatic N) is 1. The lowest BCUT2D eigenvalue weighted by Gasteiger charge is -2.03. The summed E-state index contributed by atoms with van der Waals surface area (Å²) in [4.78, 5) is 34.8. The van der Waals surface area contributed by atoms with Crippen LogP contribution >= 0.6 is 11.3 Å². The van der Waals surface area contributed by atoms with Gasteiger partial charge in [-0.3, -0.25) is 19.7 Å². The van der Waals surface area contributed by atoms with Gasteiger partial charge in [0.1, 0.15) is 5.00 Å². The Hall–Kier alpha value is -3.00. The molecule has 2 aromatic rings. The molecular weight excluding hydrogens is 342 g/mol. The third-order valence-corrected chi connectivity index (χ3v) is 4.64. The molecule has 2 amide bonds. The van der Waals surface area contributed by atoms with E-state index < -0.39 is 16.7 Å². The van der Waals surface area contributed by atoms with Crippen LogP contribution in [0.4, 0.5) is 10.7 Å². The van der Waals surface area contributed by atoms with E-state index in [1.807, 2.05) is 13.8 Å². The molecule has 0 aliphatic carbocycles. The number of primary amides is 1. The standard InChI is InChI=1S/C17H17N3O4S/c1-3-13-10(2)25-17(15(13)16(18)22)19-14(21)9-6-11-4-7-12(8-5-11)20(23)24/h4-9H,3H2,1-2H3,(H2,18,22)(H,19,21)/b9-6+. The van der Waals surface area contributed by atoms with Crippen LogP contribution in [0.5, 0.6) is 0 Å².